The van der Waals surface area contributed by atoms with Gasteiger partial charge in [0.25, 0.3) is 5.91 Å². The van der Waals surface area contributed by atoms with E-state index in [2.05, 4.69) is 21.6 Å². The van der Waals surface area contributed by atoms with E-state index in [1.807, 2.05) is 32.3 Å². The molecule has 2 bridgehead atoms. The molecular weight excluding hydrogens is 364 g/mol. The fraction of sp³-hybridized carbons (Fsp3) is 0.565. The summed E-state index contributed by atoms with van der Waals surface area (Å²) in [5, 5.41) is 0. The first-order valence-corrected chi connectivity index (χ1v) is 10.8. The second-order valence-electron chi connectivity index (χ2n) is 8.79. The molecule has 5 rings (SSSR count). The Hall–Kier alpha value is -2.18. The molecule has 3 aliphatic heterocycles. The van der Waals surface area contributed by atoms with Crippen LogP contribution in [0.25, 0.3) is 11.4 Å². The third-order valence-corrected chi connectivity index (χ3v) is 6.82. The molecule has 1 amide bonds. The van der Waals surface area contributed by atoms with Crippen molar-refractivity contribution < 1.29 is 9.53 Å². The lowest BCUT2D eigenvalue weighted by molar-refractivity contribution is 0.0138. The lowest BCUT2D eigenvalue weighted by atomic mass is 10.0. The number of amides is 1. The molecule has 0 unspecified atom stereocenters. The summed E-state index contributed by atoms with van der Waals surface area (Å²) < 4.78 is 7.97. The fourth-order valence-corrected chi connectivity index (χ4v) is 5.47. The second kappa shape index (κ2) is 7.58. The minimum absolute atomic E-state index is 0.00585. The highest BCUT2D eigenvalue weighted by Crippen LogP contribution is 2.38. The molecule has 0 saturated carbocycles. The molecule has 1 aromatic heterocycles. The van der Waals surface area contributed by atoms with E-state index in [-0.39, 0.29) is 5.91 Å². The zero-order valence-corrected chi connectivity index (χ0v) is 17.4. The van der Waals surface area contributed by atoms with Crippen LogP contribution in [-0.4, -0.2) is 70.7 Å². The number of hydrogen-bond donors (Lipinski definition) is 0. The van der Waals surface area contributed by atoms with E-state index in [0.717, 1.165) is 56.1 Å². The van der Waals surface area contributed by atoms with Gasteiger partial charge in [-0.2, -0.15) is 0 Å². The van der Waals surface area contributed by atoms with Crippen LogP contribution in [0.3, 0.4) is 0 Å². The van der Waals surface area contributed by atoms with E-state index < -0.39 is 0 Å². The van der Waals surface area contributed by atoms with Gasteiger partial charge in [-0.25, -0.2) is 4.98 Å². The molecule has 0 aliphatic carbocycles. The number of carbonyl (C=O) groups excluding carboxylic acids is 1. The maximum atomic E-state index is 13.0. The molecule has 154 valence electrons. The Labute approximate surface area is 172 Å². The van der Waals surface area contributed by atoms with Gasteiger partial charge in [0.05, 0.1) is 5.69 Å². The quantitative estimate of drug-likeness (QED) is 0.803. The molecule has 4 heterocycles. The lowest BCUT2D eigenvalue weighted by Gasteiger charge is -2.38. The molecule has 2 fully saturated rings. The lowest BCUT2D eigenvalue weighted by Crippen LogP contribution is -2.47. The van der Waals surface area contributed by atoms with Crippen LogP contribution in [-0.2, 0) is 17.7 Å². The fourth-order valence-electron chi connectivity index (χ4n) is 5.47. The third kappa shape index (κ3) is 3.28. The molecule has 6 nitrogen and oxygen atoms in total. The number of rotatable bonds is 3. The second-order valence-corrected chi connectivity index (χ2v) is 8.79. The molecule has 0 spiro atoms. The van der Waals surface area contributed by atoms with Crippen LogP contribution in [0.2, 0.25) is 0 Å². The van der Waals surface area contributed by atoms with Crippen LogP contribution in [0.15, 0.2) is 30.3 Å². The van der Waals surface area contributed by atoms with Crippen molar-refractivity contribution in [3.63, 3.8) is 0 Å². The van der Waals surface area contributed by atoms with Crippen LogP contribution >= 0.6 is 0 Å². The summed E-state index contributed by atoms with van der Waals surface area (Å²) in [5.74, 6) is 0.941. The van der Waals surface area contributed by atoms with Crippen molar-refractivity contribution in [2.24, 2.45) is 0 Å². The average Bonchev–Trinajstić information content (AvgIpc) is 3.24. The summed E-state index contributed by atoms with van der Waals surface area (Å²) in [6.45, 7) is 2.66. The molecule has 2 aromatic rings. The largest absolute Gasteiger partial charge is 0.381 e. The Balaban J connectivity index is 1.57. The highest BCUT2D eigenvalue weighted by molar-refractivity contribution is 5.94. The molecular formula is C23H30N4O2. The summed E-state index contributed by atoms with van der Waals surface area (Å²) in [7, 11) is 3.63. The molecule has 29 heavy (non-hydrogen) atoms. The van der Waals surface area contributed by atoms with Gasteiger partial charge in [0, 0.05) is 64.0 Å². The molecule has 0 radical (unpaired) electrons. The Bertz CT molecular complexity index is 886. The summed E-state index contributed by atoms with van der Waals surface area (Å²) >= 11 is 0. The van der Waals surface area contributed by atoms with E-state index >= 15 is 0 Å². The van der Waals surface area contributed by atoms with Crippen molar-refractivity contribution >= 4 is 5.91 Å². The van der Waals surface area contributed by atoms with E-state index in [1.54, 1.807) is 4.90 Å². The number of carbonyl (C=O) groups is 1. The Morgan fingerprint density at radius 1 is 1.03 bits per heavy atom. The number of hydrogen-bond acceptors (Lipinski definition) is 4. The molecule has 3 aliphatic rings. The highest BCUT2D eigenvalue weighted by atomic mass is 16.5. The van der Waals surface area contributed by atoms with Crippen LogP contribution in [0, 0.1) is 0 Å². The standard InChI is InChI=1S/C23H30N4O2/c1-25(2)23(28)21-20-14-18-8-9-19(27(18)17-10-12-29-13-11-17)15-26(20)22(24-21)16-6-4-3-5-7-16/h3-7,17-19H,8-15H2,1-2H3/t18-,19+/m0/s1. The maximum absolute atomic E-state index is 13.0. The van der Waals surface area contributed by atoms with Crippen molar-refractivity contribution in [3.8, 4) is 11.4 Å². The SMILES string of the molecule is CN(C)C(=O)c1nc(-c2ccccc2)n2c1C[C@@H]1CC[C@H](C2)N1C1CCOCC1. The van der Waals surface area contributed by atoms with Gasteiger partial charge in [0.1, 0.15) is 11.5 Å². The van der Waals surface area contributed by atoms with Crippen molar-refractivity contribution in [2.75, 3.05) is 27.3 Å². The Kier molecular flexibility index (Phi) is 4.92. The van der Waals surface area contributed by atoms with Gasteiger partial charge < -0.3 is 14.2 Å². The van der Waals surface area contributed by atoms with Crippen molar-refractivity contribution in [3.05, 3.63) is 41.7 Å². The monoisotopic (exact) mass is 394 g/mol. The Morgan fingerprint density at radius 2 is 1.76 bits per heavy atom. The average molecular weight is 395 g/mol. The van der Waals surface area contributed by atoms with Gasteiger partial charge in [-0.05, 0) is 25.7 Å². The predicted octanol–water partition coefficient (Wildman–Crippen LogP) is 2.82. The van der Waals surface area contributed by atoms with Crippen LogP contribution in [0.1, 0.15) is 41.9 Å². The zero-order chi connectivity index (χ0) is 20.0. The van der Waals surface area contributed by atoms with Gasteiger partial charge >= 0.3 is 0 Å². The normalized spacial score (nSPS) is 24.9. The number of benzene rings is 1. The predicted molar refractivity (Wildman–Crippen MR) is 112 cm³/mol. The van der Waals surface area contributed by atoms with Crippen molar-refractivity contribution in [1.29, 1.82) is 0 Å². The van der Waals surface area contributed by atoms with Crippen LogP contribution < -0.4 is 0 Å². The van der Waals surface area contributed by atoms with E-state index in [9.17, 15) is 4.79 Å². The molecule has 6 heteroatoms. The van der Waals surface area contributed by atoms with E-state index in [1.165, 1.54) is 12.8 Å². The number of imidazole rings is 1. The van der Waals surface area contributed by atoms with Gasteiger partial charge in [0.15, 0.2) is 0 Å². The first-order chi connectivity index (χ1) is 14.1. The van der Waals surface area contributed by atoms with Crippen LogP contribution in [0.4, 0.5) is 0 Å². The third-order valence-electron chi connectivity index (χ3n) is 6.82. The van der Waals surface area contributed by atoms with Crippen molar-refractivity contribution in [2.45, 2.75) is 56.8 Å². The van der Waals surface area contributed by atoms with E-state index in [4.69, 9.17) is 9.72 Å². The number of aromatic nitrogens is 2. The number of ether oxygens (including phenoxy) is 1. The summed E-state index contributed by atoms with van der Waals surface area (Å²) in [6.07, 6.45) is 5.58. The summed E-state index contributed by atoms with van der Waals surface area (Å²) in [5.41, 5.74) is 2.84. The number of nitrogens with zero attached hydrogens (tertiary/aromatic N) is 4. The first-order valence-electron chi connectivity index (χ1n) is 10.8. The molecule has 2 atom stereocenters. The summed E-state index contributed by atoms with van der Waals surface area (Å²) in [6, 6.07) is 11.9. The van der Waals surface area contributed by atoms with Gasteiger partial charge in [0.2, 0.25) is 0 Å². The first kappa shape index (κ1) is 18.8. The number of fused-ring (bicyclic) bond motifs is 3. The minimum Gasteiger partial charge on any atom is -0.381 e. The van der Waals surface area contributed by atoms with Gasteiger partial charge in [-0.1, -0.05) is 30.3 Å². The van der Waals surface area contributed by atoms with E-state index in [0.29, 0.717) is 23.8 Å². The highest BCUT2D eigenvalue weighted by Gasteiger charge is 2.43. The minimum atomic E-state index is 0.00585. The van der Waals surface area contributed by atoms with Crippen LogP contribution in [0.5, 0.6) is 0 Å². The summed E-state index contributed by atoms with van der Waals surface area (Å²) in [4.78, 5) is 22.3. The zero-order valence-electron chi connectivity index (χ0n) is 17.4. The Morgan fingerprint density at radius 3 is 2.48 bits per heavy atom. The topological polar surface area (TPSA) is 50.6 Å². The van der Waals surface area contributed by atoms with Gasteiger partial charge in [-0.3, -0.25) is 9.69 Å². The molecule has 2 saturated heterocycles. The molecule has 1 aromatic carbocycles. The molecule has 0 N–H and O–H groups in total. The van der Waals surface area contributed by atoms with Crippen molar-refractivity contribution in [1.82, 2.24) is 19.4 Å². The van der Waals surface area contributed by atoms with Gasteiger partial charge in [-0.15, -0.1) is 0 Å². The maximum Gasteiger partial charge on any atom is 0.273 e. The smallest absolute Gasteiger partial charge is 0.273 e.